The number of carbonyl (C=O) groups is 2. The first-order valence-corrected chi connectivity index (χ1v) is 7.51. The second-order valence-corrected chi connectivity index (χ2v) is 6.39. The normalized spacial score (nSPS) is 17.5. The quantitative estimate of drug-likeness (QED) is 0.619. The highest BCUT2D eigenvalue weighted by molar-refractivity contribution is 5.83. The molecule has 1 fully saturated rings. The number of nitrogens with zero attached hydrogens (tertiary/aromatic N) is 2. The summed E-state index contributed by atoms with van der Waals surface area (Å²) in [6.45, 7) is 5.82. The fourth-order valence-corrected chi connectivity index (χ4v) is 2.33. The largest absolute Gasteiger partial charge is 0.444 e. The Bertz CT molecular complexity index is 625. The first kappa shape index (κ1) is 16.8. The molecule has 23 heavy (non-hydrogen) atoms. The van der Waals surface area contributed by atoms with Gasteiger partial charge in [-0.15, -0.1) is 0 Å². The smallest absolute Gasteiger partial charge is 0.411 e. The molecule has 1 atom stereocenters. The van der Waals surface area contributed by atoms with Gasteiger partial charge in [0.25, 0.3) is 0 Å². The van der Waals surface area contributed by atoms with Crippen molar-refractivity contribution in [2.45, 2.75) is 45.3 Å². The minimum Gasteiger partial charge on any atom is -0.444 e. The molecule has 2 rings (SSSR count). The molecule has 1 unspecified atom stereocenters. The van der Waals surface area contributed by atoms with E-state index in [1.807, 2.05) is 6.07 Å². The van der Waals surface area contributed by atoms with Crippen molar-refractivity contribution in [3.05, 3.63) is 29.8 Å². The topological polar surface area (TPSA) is 79.6 Å². The van der Waals surface area contributed by atoms with Crippen LogP contribution in [0.25, 0.3) is 0 Å². The SMILES string of the molecule is CC(C)(C)OC(=O)N1CCCC1C(=O)Oc1ccc(C#N)cc1. The monoisotopic (exact) mass is 316 g/mol. The van der Waals surface area contributed by atoms with Crippen LogP contribution in [0.1, 0.15) is 39.2 Å². The van der Waals surface area contributed by atoms with Gasteiger partial charge in [0, 0.05) is 6.54 Å². The Morgan fingerprint density at radius 1 is 1.26 bits per heavy atom. The van der Waals surface area contributed by atoms with Gasteiger partial charge >= 0.3 is 12.1 Å². The van der Waals surface area contributed by atoms with Crippen LogP contribution < -0.4 is 4.74 Å². The fraction of sp³-hybridized carbons (Fsp3) is 0.471. The third kappa shape index (κ3) is 4.46. The average Bonchev–Trinajstić information content (AvgIpc) is 2.96. The highest BCUT2D eigenvalue weighted by Crippen LogP contribution is 2.23. The van der Waals surface area contributed by atoms with E-state index in [-0.39, 0.29) is 0 Å². The van der Waals surface area contributed by atoms with Crippen LogP contribution in [0.4, 0.5) is 4.79 Å². The molecule has 0 radical (unpaired) electrons. The average molecular weight is 316 g/mol. The number of amides is 1. The number of rotatable bonds is 2. The number of hydrogen-bond donors (Lipinski definition) is 0. The molecular weight excluding hydrogens is 296 g/mol. The molecule has 1 aromatic carbocycles. The van der Waals surface area contributed by atoms with Crippen molar-refractivity contribution in [1.29, 1.82) is 5.26 Å². The van der Waals surface area contributed by atoms with Crippen LogP contribution in [-0.4, -0.2) is 35.2 Å². The number of ether oxygens (including phenoxy) is 2. The summed E-state index contributed by atoms with van der Waals surface area (Å²) in [5.74, 6) is -0.136. The number of esters is 1. The van der Waals surface area contributed by atoms with E-state index >= 15 is 0 Å². The van der Waals surface area contributed by atoms with Gasteiger partial charge in [0.1, 0.15) is 17.4 Å². The van der Waals surface area contributed by atoms with E-state index in [2.05, 4.69) is 0 Å². The van der Waals surface area contributed by atoms with Gasteiger partial charge in [0.15, 0.2) is 0 Å². The summed E-state index contributed by atoms with van der Waals surface area (Å²) in [7, 11) is 0. The van der Waals surface area contributed by atoms with Gasteiger partial charge in [-0.3, -0.25) is 4.90 Å². The lowest BCUT2D eigenvalue weighted by atomic mass is 10.2. The zero-order chi connectivity index (χ0) is 17.0. The van der Waals surface area contributed by atoms with Gasteiger partial charge in [0.2, 0.25) is 0 Å². The molecule has 0 aromatic heterocycles. The Morgan fingerprint density at radius 3 is 2.48 bits per heavy atom. The number of hydrogen-bond acceptors (Lipinski definition) is 5. The van der Waals surface area contributed by atoms with E-state index in [0.29, 0.717) is 24.3 Å². The third-order valence-electron chi connectivity index (χ3n) is 3.35. The molecule has 1 saturated heterocycles. The molecule has 0 spiro atoms. The molecule has 1 heterocycles. The van der Waals surface area contributed by atoms with Crippen LogP contribution in [-0.2, 0) is 9.53 Å². The van der Waals surface area contributed by atoms with Crippen molar-refractivity contribution in [2.75, 3.05) is 6.54 Å². The molecular formula is C17H20N2O4. The number of benzene rings is 1. The maximum absolute atomic E-state index is 12.3. The van der Waals surface area contributed by atoms with Gasteiger partial charge in [-0.2, -0.15) is 5.26 Å². The highest BCUT2D eigenvalue weighted by Gasteiger charge is 2.37. The number of carbonyl (C=O) groups excluding carboxylic acids is 2. The van der Waals surface area contributed by atoms with Crippen molar-refractivity contribution in [2.24, 2.45) is 0 Å². The van der Waals surface area contributed by atoms with Crippen LogP contribution in [0.5, 0.6) is 5.75 Å². The molecule has 1 aliphatic rings. The van der Waals surface area contributed by atoms with Crippen molar-refractivity contribution in [1.82, 2.24) is 4.90 Å². The fourth-order valence-electron chi connectivity index (χ4n) is 2.33. The van der Waals surface area contributed by atoms with Crippen molar-refractivity contribution < 1.29 is 19.1 Å². The summed E-state index contributed by atoms with van der Waals surface area (Å²) >= 11 is 0. The summed E-state index contributed by atoms with van der Waals surface area (Å²) in [4.78, 5) is 25.9. The molecule has 122 valence electrons. The third-order valence-corrected chi connectivity index (χ3v) is 3.35. The van der Waals surface area contributed by atoms with Crippen molar-refractivity contribution >= 4 is 12.1 Å². The molecule has 0 bridgehead atoms. The molecule has 6 nitrogen and oxygen atoms in total. The first-order chi connectivity index (χ1) is 10.8. The molecule has 0 saturated carbocycles. The molecule has 1 aliphatic heterocycles. The van der Waals surface area contributed by atoms with Gasteiger partial charge < -0.3 is 9.47 Å². The number of nitriles is 1. The lowest BCUT2D eigenvalue weighted by molar-refractivity contribution is -0.139. The maximum Gasteiger partial charge on any atom is 0.411 e. The summed E-state index contributed by atoms with van der Waals surface area (Å²) in [6, 6.07) is 7.62. The van der Waals surface area contributed by atoms with E-state index in [4.69, 9.17) is 14.7 Å². The van der Waals surface area contributed by atoms with E-state index in [1.54, 1.807) is 45.0 Å². The van der Waals surface area contributed by atoms with Crippen molar-refractivity contribution in [3.8, 4) is 11.8 Å². The Kier molecular flexibility index (Phi) is 4.89. The minimum absolute atomic E-state index is 0.352. The lowest BCUT2D eigenvalue weighted by Crippen LogP contribution is -2.44. The lowest BCUT2D eigenvalue weighted by Gasteiger charge is -2.27. The molecule has 1 aromatic rings. The van der Waals surface area contributed by atoms with E-state index in [1.165, 1.54) is 4.90 Å². The predicted molar refractivity (Wildman–Crippen MR) is 82.8 cm³/mol. The zero-order valence-corrected chi connectivity index (χ0v) is 13.5. The maximum atomic E-state index is 12.3. The Balaban J connectivity index is 2.02. The molecule has 6 heteroatoms. The standard InChI is InChI=1S/C17H20N2O4/c1-17(2,3)23-16(21)19-10-4-5-14(19)15(20)22-13-8-6-12(11-18)7-9-13/h6-9,14H,4-5,10H2,1-3H3. The Morgan fingerprint density at radius 2 is 1.91 bits per heavy atom. The molecule has 0 N–H and O–H groups in total. The van der Waals surface area contributed by atoms with Gasteiger partial charge in [-0.05, 0) is 57.9 Å². The van der Waals surface area contributed by atoms with Gasteiger partial charge in [-0.1, -0.05) is 0 Å². The van der Waals surface area contributed by atoms with Crippen molar-refractivity contribution in [3.63, 3.8) is 0 Å². The van der Waals surface area contributed by atoms with Gasteiger partial charge in [0.05, 0.1) is 11.6 Å². The summed E-state index contributed by atoms with van der Waals surface area (Å²) in [5.41, 5.74) is -0.123. The summed E-state index contributed by atoms with van der Waals surface area (Å²) in [5, 5.41) is 8.76. The van der Waals surface area contributed by atoms with Crippen LogP contribution in [0, 0.1) is 11.3 Å². The zero-order valence-electron chi connectivity index (χ0n) is 13.5. The second-order valence-electron chi connectivity index (χ2n) is 6.39. The second kappa shape index (κ2) is 6.69. The Hall–Kier alpha value is -2.55. The first-order valence-electron chi connectivity index (χ1n) is 7.51. The van der Waals surface area contributed by atoms with E-state index in [9.17, 15) is 9.59 Å². The minimum atomic E-state index is -0.638. The van der Waals surface area contributed by atoms with Crippen LogP contribution >= 0.6 is 0 Å². The Labute approximate surface area is 135 Å². The van der Waals surface area contributed by atoms with Gasteiger partial charge in [-0.25, -0.2) is 9.59 Å². The van der Waals surface area contributed by atoms with Crippen LogP contribution in [0.15, 0.2) is 24.3 Å². The van der Waals surface area contributed by atoms with E-state index < -0.39 is 23.7 Å². The van der Waals surface area contributed by atoms with E-state index in [0.717, 1.165) is 6.42 Å². The van der Waals surface area contributed by atoms with Crippen LogP contribution in [0.2, 0.25) is 0 Å². The highest BCUT2D eigenvalue weighted by atomic mass is 16.6. The van der Waals surface area contributed by atoms with Crippen LogP contribution in [0.3, 0.4) is 0 Å². The summed E-state index contributed by atoms with van der Waals surface area (Å²) < 4.78 is 10.6. The summed E-state index contributed by atoms with van der Waals surface area (Å²) in [6.07, 6.45) is 0.776. The number of likely N-dealkylation sites (tertiary alicyclic amines) is 1. The molecule has 0 aliphatic carbocycles. The molecule has 1 amide bonds. The predicted octanol–water partition coefficient (Wildman–Crippen LogP) is 2.86.